The first kappa shape index (κ1) is 15.0. The number of carboxylic acid groups (broad SMARTS) is 1. The van der Waals surface area contributed by atoms with Gasteiger partial charge in [0.05, 0.1) is 12.5 Å². The number of carbonyl (C=O) groups excluding carboxylic acids is 1. The molecule has 2 atom stereocenters. The third-order valence-corrected chi connectivity index (χ3v) is 3.17. The number of aliphatic carboxylic acids is 1. The summed E-state index contributed by atoms with van der Waals surface area (Å²) in [6.45, 7) is 2.70. The SMILES string of the molecule is CCCC[C@H](NC(=O)CC1CCCCO1)C(=O)O. The summed E-state index contributed by atoms with van der Waals surface area (Å²) in [6.07, 6.45) is 5.46. The summed E-state index contributed by atoms with van der Waals surface area (Å²) in [5.41, 5.74) is 0. The van der Waals surface area contributed by atoms with Crippen molar-refractivity contribution < 1.29 is 19.4 Å². The maximum absolute atomic E-state index is 11.7. The van der Waals surface area contributed by atoms with E-state index in [4.69, 9.17) is 9.84 Å². The lowest BCUT2D eigenvalue weighted by Crippen LogP contribution is -2.42. The predicted octanol–water partition coefficient (Wildman–Crippen LogP) is 1.71. The molecule has 0 bridgehead atoms. The molecular formula is C13H23NO4. The van der Waals surface area contributed by atoms with Crippen LogP contribution in [0.25, 0.3) is 0 Å². The van der Waals surface area contributed by atoms with Crippen LogP contribution in [-0.2, 0) is 14.3 Å². The van der Waals surface area contributed by atoms with Gasteiger partial charge in [0.2, 0.25) is 5.91 Å². The summed E-state index contributed by atoms with van der Waals surface area (Å²) >= 11 is 0. The van der Waals surface area contributed by atoms with Gasteiger partial charge in [-0.3, -0.25) is 4.79 Å². The number of amides is 1. The van der Waals surface area contributed by atoms with Crippen LogP contribution in [0.15, 0.2) is 0 Å². The molecule has 1 saturated heterocycles. The second kappa shape index (κ2) is 8.08. The Labute approximate surface area is 108 Å². The maximum Gasteiger partial charge on any atom is 0.326 e. The first-order valence-corrected chi connectivity index (χ1v) is 6.77. The molecule has 1 unspecified atom stereocenters. The number of nitrogens with one attached hydrogen (secondary N) is 1. The van der Waals surface area contributed by atoms with Crippen LogP contribution in [0.4, 0.5) is 0 Å². The van der Waals surface area contributed by atoms with Gasteiger partial charge in [0.15, 0.2) is 0 Å². The van der Waals surface area contributed by atoms with E-state index in [0.29, 0.717) is 13.0 Å². The molecule has 0 aromatic rings. The highest BCUT2D eigenvalue weighted by molar-refractivity contribution is 5.83. The van der Waals surface area contributed by atoms with Crippen LogP contribution < -0.4 is 5.32 Å². The molecule has 5 heteroatoms. The highest BCUT2D eigenvalue weighted by atomic mass is 16.5. The quantitative estimate of drug-likeness (QED) is 0.728. The summed E-state index contributed by atoms with van der Waals surface area (Å²) < 4.78 is 5.46. The van der Waals surface area contributed by atoms with Gasteiger partial charge in [0.25, 0.3) is 0 Å². The van der Waals surface area contributed by atoms with E-state index in [2.05, 4.69) is 5.32 Å². The summed E-state index contributed by atoms with van der Waals surface area (Å²) in [6, 6.07) is -0.763. The van der Waals surface area contributed by atoms with E-state index in [0.717, 1.165) is 32.1 Å². The van der Waals surface area contributed by atoms with Gasteiger partial charge in [0.1, 0.15) is 6.04 Å². The number of carbonyl (C=O) groups is 2. The molecule has 0 saturated carbocycles. The molecule has 0 aromatic carbocycles. The Balaban J connectivity index is 2.32. The second-order valence-corrected chi connectivity index (χ2v) is 4.79. The summed E-state index contributed by atoms with van der Waals surface area (Å²) in [5, 5.41) is 11.6. The lowest BCUT2D eigenvalue weighted by Gasteiger charge is -2.23. The van der Waals surface area contributed by atoms with E-state index in [1.807, 2.05) is 6.92 Å². The number of rotatable bonds is 7. The molecule has 5 nitrogen and oxygen atoms in total. The van der Waals surface area contributed by atoms with Gasteiger partial charge in [-0.1, -0.05) is 19.8 Å². The van der Waals surface area contributed by atoms with Crippen molar-refractivity contribution in [3.05, 3.63) is 0 Å². The first-order chi connectivity index (χ1) is 8.63. The number of carboxylic acids is 1. The fourth-order valence-corrected chi connectivity index (χ4v) is 2.09. The zero-order valence-electron chi connectivity index (χ0n) is 11.0. The van der Waals surface area contributed by atoms with E-state index in [1.165, 1.54) is 0 Å². The Hall–Kier alpha value is -1.10. The molecule has 0 aromatic heterocycles. The Morgan fingerprint density at radius 2 is 2.22 bits per heavy atom. The molecule has 104 valence electrons. The molecule has 1 heterocycles. The summed E-state index contributed by atoms with van der Waals surface area (Å²) in [5.74, 6) is -1.17. The van der Waals surface area contributed by atoms with Crippen molar-refractivity contribution in [1.82, 2.24) is 5.32 Å². The average molecular weight is 257 g/mol. The smallest absolute Gasteiger partial charge is 0.326 e. The standard InChI is InChI=1S/C13H23NO4/c1-2-3-7-11(13(16)17)14-12(15)9-10-6-4-5-8-18-10/h10-11H,2-9H2,1H3,(H,14,15)(H,16,17)/t10?,11-/m0/s1. The third kappa shape index (κ3) is 5.49. The van der Waals surface area contributed by atoms with Crippen LogP contribution in [0.1, 0.15) is 51.9 Å². The van der Waals surface area contributed by atoms with Crippen molar-refractivity contribution >= 4 is 11.9 Å². The minimum absolute atomic E-state index is 0.0422. The van der Waals surface area contributed by atoms with Crippen LogP contribution >= 0.6 is 0 Å². The highest BCUT2D eigenvalue weighted by Gasteiger charge is 2.22. The van der Waals surface area contributed by atoms with Crippen LogP contribution in [0.2, 0.25) is 0 Å². The van der Waals surface area contributed by atoms with E-state index < -0.39 is 12.0 Å². The molecule has 1 aliphatic heterocycles. The van der Waals surface area contributed by atoms with Gasteiger partial charge < -0.3 is 15.2 Å². The van der Waals surface area contributed by atoms with Crippen molar-refractivity contribution in [3.63, 3.8) is 0 Å². The maximum atomic E-state index is 11.7. The van der Waals surface area contributed by atoms with Crippen LogP contribution in [0.3, 0.4) is 0 Å². The summed E-state index contributed by atoms with van der Waals surface area (Å²) in [7, 11) is 0. The van der Waals surface area contributed by atoms with Gasteiger partial charge in [-0.25, -0.2) is 4.79 Å². The second-order valence-electron chi connectivity index (χ2n) is 4.79. The Bertz CT molecular complexity index is 274. The van der Waals surface area contributed by atoms with E-state index in [1.54, 1.807) is 0 Å². The van der Waals surface area contributed by atoms with Crippen LogP contribution in [0, 0.1) is 0 Å². The number of hydrogen-bond acceptors (Lipinski definition) is 3. The van der Waals surface area contributed by atoms with Crippen molar-refractivity contribution in [3.8, 4) is 0 Å². The normalized spacial score (nSPS) is 21.3. The topological polar surface area (TPSA) is 75.6 Å². The van der Waals surface area contributed by atoms with Crippen LogP contribution in [0.5, 0.6) is 0 Å². The van der Waals surface area contributed by atoms with Crippen molar-refractivity contribution in [1.29, 1.82) is 0 Å². The fraction of sp³-hybridized carbons (Fsp3) is 0.846. The molecule has 18 heavy (non-hydrogen) atoms. The van der Waals surface area contributed by atoms with Gasteiger partial charge in [-0.05, 0) is 25.7 Å². The predicted molar refractivity (Wildman–Crippen MR) is 67.3 cm³/mol. The molecule has 0 radical (unpaired) electrons. The molecule has 0 spiro atoms. The molecule has 1 fully saturated rings. The van der Waals surface area contributed by atoms with E-state index in [-0.39, 0.29) is 18.4 Å². The average Bonchev–Trinajstić information content (AvgIpc) is 2.35. The van der Waals surface area contributed by atoms with Gasteiger partial charge >= 0.3 is 5.97 Å². The lowest BCUT2D eigenvalue weighted by molar-refractivity contribution is -0.142. The van der Waals surface area contributed by atoms with E-state index in [9.17, 15) is 9.59 Å². The largest absolute Gasteiger partial charge is 0.480 e. The minimum atomic E-state index is -0.957. The van der Waals surface area contributed by atoms with Crippen LogP contribution in [-0.4, -0.2) is 35.7 Å². The third-order valence-electron chi connectivity index (χ3n) is 3.17. The molecular weight excluding hydrogens is 234 g/mol. The van der Waals surface area contributed by atoms with Gasteiger partial charge in [-0.15, -0.1) is 0 Å². The Morgan fingerprint density at radius 3 is 2.78 bits per heavy atom. The summed E-state index contributed by atoms with van der Waals surface area (Å²) in [4.78, 5) is 22.7. The number of unbranched alkanes of at least 4 members (excludes halogenated alkanes) is 1. The first-order valence-electron chi connectivity index (χ1n) is 6.77. The molecule has 0 aliphatic carbocycles. The molecule has 2 N–H and O–H groups in total. The van der Waals surface area contributed by atoms with Crippen molar-refractivity contribution in [2.24, 2.45) is 0 Å². The zero-order chi connectivity index (χ0) is 13.4. The Morgan fingerprint density at radius 1 is 1.44 bits per heavy atom. The monoisotopic (exact) mass is 257 g/mol. The van der Waals surface area contributed by atoms with E-state index >= 15 is 0 Å². The van der Waals surface area contributed by atoms with Crippen molar-refractivity contribution in [2.45, 2.75) is 64.0 Å². The molecule has 1 rings (SSSR count). The van der Waals surface area contributed by atoms with Gasteiger partial charge in [-0.2, -0.15) is 0 Å². The Kier molecular flexibility index (Phi) is 6.72. The lowest BCUT2D eigenvalue weighted by atomic mass is 10.1. The number of hydrogen-bond donors (Lipinski definition) is 2. The molecule has 1 aliphatic rings. The van der Waals surface area contributed by atoms with Crippen molar-refractivity contribution in [2.75, 3.05) is 6.61 Å². The molecule has 1 amide bonds. The highest BCUT2D eigenvalue weighted by Crippen LogP contribution is 2.15. The van der Waals surface area contributed by atoms with Gasteiger partial charge in [0, 0.05) is 6.61 Å². The fourth-order valence-electron chi connectivity index (χ4n) is 2.09. The minimum Gasteiger partial charge on any atom is -0.480 e. The number of ether oxygens (including phenoxy) is 1. The zero-order valence-corrected chi connectivity index (χ0v) is 11.0.